The Hall–Kier alpha value is -3.89. The van der Waals surface area contributed by atoms with Crippen LogP contribution in [0.5, 0.6) is 0 Å². The largest absolute Gasteiger partial charge is 0.369 e. The van der Waals surface area contributed by atoms with E-state index in [4.69, 9.17) is 5.26 Å². The molecule has 10 nitrogen and oxygen atoms in total. The number of nitriles is 1. The summed E-state index contributed by atoms with van der Waals surface area (Å²) >= 11 is 0. The first-order chi connectivity index (χ1) is 17.6. The maximum absolute atomic E-state index is 14.6. The first kappa shape index (κ1) is 24.8. The molecule has 0 radical (unpaired) electrons. The average molecular weight is 530 g/mol. The number of sulfonamides is 1. The highest BCUT2D eigenvalue weighted by Gasteiger charge is 2.41. The number of carbonyl (C=O) groups excluding carboxylic acids is 3. The highest BCUT2D eigenvalue weighted by molar-refractivity contribution is 7.89. The number of piperidine rings is 1. The Bertz CT molecular complexity index is 1480. The number of amides is 3. The van der Waals surface area contributed by atoms with Gasteiger partial charge in [0.25, 0.3) is 5.91 Å². The number of nitrogens with zero attached hydrogens (tertiary/aromatic N) is 4. The van der Waals surface area contributed by atoms with Crippen LogP contribution in [0.2, 0.25) is 0 Å². The molecule has 0 aliphatic carbocycles. The van der Waals surface area contributed by atoms with Crippen LogP contribution in [0.4, 0.5) is 14.5 Å². The fraction of sp³-hybridized carbons (Fsp3) is 0.333. The zero-order valence-corrected chi connectivity index (χ0v) is 20.2. The van der Waals surface area contributed by atoms with Gasteiger partial charge in [0.1, 0.15) is 22.6 Å². The summed E-state index contributed by atoms with van der Waals surface area (Å²) in [5, 5.41) is 11.3. The molecule has 37 heavy (non-hydrogen) atoms. The van der Waals surface area contributed by atoms with E-state index in [1.54, 1.807) is 11.0 Å². The normalized spacial score (nSPS) is 20.6. The zero-order valence-electron chi connectivity index (χ0n) is 19.4. The van der Waals surface area contributed by atoms with Gasteiger partial charge >= 0.3 is 0 Å². The van der Waals surface area contributed by atoms with Crippen molar-refractivity contribution in [3.63, 3.8) is 0 Å². The molecule has 2 aromatic rings. The maximum atomic E-state index is 14.6. The minimum absolute atomic E-state index is 0.0131. The van der Waals surface area contributed by atoms with Gasteiger partial charge in [-0.2, -0.15) is 9.57 Å². The molecule has 13 heteroatoms. The Balaban J connectivity index is 1.37. The van der Waals surface area contributed by atoms with Crippen molar-refractivity contribution >= 4 is 33.4 Å². The summed E-state index contributed by atoms with van der Waals surface area (Å²) in [6, 6.07) is 6.43. The van der Waals surface area contributed by atoms with E-state index < -0.39 is 50.3 Å². The van der Waals surface area contributed by atoms with Crippen LogP contribution in [0.1, 0.15) is 34.3 Å². The van der Waals surface area contributed by atoms with Gasteiger partial charge in [0.05, 0.1) is 11.6 Å². The summed E-state index contributed by atoms with van der Waals surface area (Å²) in [5.41, 5.74) is 1.05. The molecule has 3 heterocycles. The number of anilines is 1. The second-order valence-electron chi connectivity index (χ2n) is 9.00. The Labute approximate surface area is 211 Å². The van der Waals surface area contributed by atoms with Gasteiger partial charge in [0.15, 0.2) is 0 Å². The van der Waals surface area contributed by atoms with E-state index in [2.05, 4.69) is 5.32 Å². The molecule has 3 aliphatic rings. The molecule has 1 atom stereocenters. The van der Waals surface area contributed by atoms with Crippen LogP contribution < -0.4 is 10.2 Å². The summed E-state index contributed by atoms with van der Waals surface area (Å²) < 4.78 is 56.1. The summed E-state index contributed by atoms with van der Waals surface area (Å²) in [5.74, 6) is -3.12. The predicted molar refractivity (Wildman–Crippen MR) is 125 cm³/mol. The molecule has 3 amide bonds. The van der Waals surface area contributed by atoms with Crippen molar-refractivity contribution in [1.82, 2.24) is 14.5 Å². The summed E-state index contributed by atoms with van der Waals surface area (Å²) in [4.78, 5) is 39.4. The summed E-state index contributed by atoms with van der Waals surface area (Å²) in [6.45, 7) is 0.257. The van der Waals surface area contributed by atoms with Crippen LogP contribution in [-0.4, -0.2) is 67.6 Å². The number of imide groups is 1. The van der Waals surface area contributed by atoms with E-state index in [9.17, 15) is 31.6 Å². The third-order valence-corrected chi connectivity index (χ3v) is 8.77. The Kier molecular flexibility index (Phi) is 6.17. The highest BCUT2D eigenvalue weighted by Crippen LogP contribution is 2.36. The van der Waals surface area contributed by atoms with Gasteiger partial charge in [0, 0.05) is 56.0 Å². The predicted octanol–water partition coefficient (Wildman–Crippen LogP) is 1.11. The molecule has 2 aromatic carbocycles. The molecule has 2 saturated heterocycles. The van der Waals surface area contributed by atoms with Crippen molar-refractivity contribution < 1.29 is 31.6 Å². The lowest BCUT2D eigenvalue weighted by Gasteiger charge is -2.36. The van der Waals surface area contributed by atoms with Crippen LogP contribution in [0.25, 0.3) is 0 Å². The van der Waals surface area contributed by atoms with Gasteiger partial charge < -0.3 is 9.80 Å². The van der Waals surface area contributed by atoms with Crippen LogP contribution in [-0.2, 0) is 26.2 Å². The number of hydrogen-bond acceptors (Lipinski definition) is 7. The quantitative estimate of drug-likeness (QED) is 0.587. The number of fused-ring (bicyclic) bond motifs is 1. The lowest BCUT2D eigenvalue weighted by atomic mass is 10.0. The van der Waals surface area contributed by atoms with Crippen LogP contribution in [0, 0.1) is 23.0 Å². The van der Waals surface area contributed by atoms with E-state index in [1.807, 2.05) is 0 Å². The molecule has 192 valence electrons. The third-order valence-electron chi connectivity index (χ3n) is 6.85. The van der Waals surface area contributed by atoms with Crippen LogP contribution in [0.15, 0.2) is 35.2 Å². The fourth-order valence-corrected chi connectivity index (χ4v) is 6.48. The first-order valence-corrected chi connectivity index (χ1v) is 13.0. The summed E-state index contributed by atoms with van der Waals surface area (Å²) in [7, 11) is -4.22. The molecule has 0 bridgehead atoms. The fourth-order valence-electron chi connectivity index (χ4n) is 4.97. The van der Waals surface area contributed by atoms with Gasteiger partial charge in [-0.1, -0.05) is 0 Å². The van der Waals surface area contributed by atoms with Crippen LogP contribution >= 0.6 is 0 Å². The zero-order chi connectivity index (χ0) is 26.5. The molecular weight excluding hydrogens is 508 g/mol. The van der Waals surface area contributed by atoms with E-state index in [-0.39, 0.29) is 56.7 Å². The molecule has 2 fully saturated rings. The molecule has 0 saturated carbocycles. The van der Waals surface area contributed by atoms with E-state index in [1.165, 1.54) is 17.0 Å². The Morgan fingerprint density at radius 1 is 1.03 bits per heavy atom. The van der Waals surface area contributed by atoms with E-state index in [0.29, 0.717) is 11.3 Å². The minimum Gasteiger partial charge on any atom is -0.369 e. The van der Waals surface area contributed by atoms with Crippen molar-refractivity contribution in [2.24, 2.45) is 0 Å². The third kappa shape index (κ3) is 4.32. The molecule has 3 aliphatic heterocycles. The number of benzene rings is 2. The van der Waals surface area contributed by atoms with Crippen molar-refractivity contribution in [1.29, 1.82) is 5.26 Å². The molecular formula is C24H21F2N5O5S. The number of carbonyl (C=O) groups is 3. The van der Waals surface area contributed by atoms with Crippen molar-refractivity contribution in [2.75, 3.05) is 31.1 Å². The smallest absolute Gasteiger partial charge is 0.255 e. The first-order valence-electron chi connectivity index (χ1n) is 11.5. The van der Waals surface area contributed by atoms with Crippen LogP contribution in [0.3, 0.4) is 0 Å². The lowest BCUT2D eigenvalue weighted by molar-refractivity contribution is -0.136. The SMILES string of the molecule is N#Cc1ccc(F)c(S(=O)(=O)N2CCN(c3cc(F)cc4c3CN(C3CCC(=O)NC3=O)C4=O)CC2)c1. The second-order valence-corrected chi connectivity index (χ2v) is 10.9. The van der Waals surface area contributed by atoms with E-state index in [0.717, 1.165) is 22.5 Å². The highest BCUT2D eigenvalue weighted by atomic mass is 32.2. The molecule has 0 aromatic heterocycles. The molecule has 1 unspecified atom stereocenters. The molecule has 5 rings (SSSR count). The van der Waals surface area contributed by atoms with Crippen molar-refractivity contribution in [2.45, 2.75) is 30.3 Å². The number of nitrogens with one attached hydrogen (secondary N) is 1. The van der Waals surface area contributed by atoms with Gasteiger partial charge in [-0.3, -0.25) is 19.7 Å². The van der Waals surface area contributed by atoms with Gasteiger partial charge in [-0.05, 0) is 36.8 Å². The maximum Gasteiger partial charge on any atom is 0.255 e. The number of halogens is 2. The van der Waals surface area contributed by atoms with Gasteiger partial charge in [-0.15, -0.1) is 0 Å². The van der Waals surface area contributed by atoms with Crippen molar-refractivity contribution in [3.8, 4) is 6.07 Å². The number of hydrogen-bond donors (Lipinski definition) is 1. The number of piperazine rings is 1. The average Bonchev–Trinajstić information content (AvgIpc) is 3.19. The standard InChI is InChI=1S/C24H21F2N5O5S/c25-15-10-16-17(13-31(24(16)34)19-3-4-22(32)28-23(19)33)20(11-15)29-5-7-30(8-6-29)37(35,36)21-9-14(12-27)1-2-18(21)26/h1-2,9-11,19H,3-8,13H2,(H,28,32,33). The lowest BCUT2D eigenvalue weighted by Crippen LogP contribution is -2.52. The Morgan fingerprint density at radius 3 is 2.43 bits per heavy atom. The Morgan fingerprint density at radius 2 is 1.76 bits per heavy atom. The minimum atomic E-state index is -4.22. The molecule has 0 spiro atoms. The number of rotatable bonds is 4. The van der Waals surface area contributed by atoms with Gasteiger partial charge in [-0.25, -0.2) is 17.2 Å². The monoisotopic (exact) mass is 529 g/mol. The van der Waals surface area contributed by atoms with Gasteiger partial charge in [0.2, 0.25) is 21.8 Å². The molecule has 1 N–H and O–H groups in total. The summed E-state index contributed by atoms with van der Waals surface area (Å²) in [6.07, 6.45) is 0.258. The van der Waals surface area contributed by atoms with E-state index >= 15 is 0 Å². The second kappa shape index (κ2) is 9.20. The topological polar surface area (TPSA) is 131 Å². The van der Waals surface area contributed by atoms with Crippen molar-refractivity contribution in [3.05, 3.63) is 58.7 Å².